The molecular formula is C21H18N10. The first kappa shape index (κ1) is 17.6. The minimum atomic E-state index is 0.0254. The molecule has 6 rings (SSSR count). The van der Waals surface area contributed by atoms with Crippen LogP contribution in [-0.2, 0) is 0 Å². The Morgan fingerprint density at radius 2 is 1.90 bits per heavy atom. The molecule has 0 saturated carbocycles. The van der Waals surface area contributed by atoms with Crippen molar-refractivity contribution in [1.29, 1.82) is 0 Å². The minimum Gasteiger partial charge on any atom is -0.314 e. The minimum absolute atomic E-state index is 0.0254. The Bertz CT molecular complexity index is 1350. The van der Waals surface area contributed by atoms with Crippen molar-refractivity contribution >= 4 is 5.82 Å². The van der Waals surface area contributed by atoms with E-state index < -0.39 is 0 Å². The molecule has 5 heterocycles. The molecule has 4 aromatic rings. The van der Waals surface area contributed by atoms with E-state index in [1.165, 1.54) is 6.33 Å². The molecule has 0 amide bonds. The number of hydrogen-bond acceptors (Lipinski definition) is 8. The van der Waals surface area contributed by atoms with Crippen molar-refractivity contribution in [2.24, 2.45) is 0 Å². The first-order valence-electron chi connectivity index (χ1n) is 10.0. The molecule has 1 aliphatic carbocycles. The van der Waals surface area contributed by atoms with Crippen LogP contribution in [0, 0.1) is 6.92 Å². The summed E-state index contributed by atoms with van der Waals surface area (Å²) in [5, 5.41) is 8.78. The second kappa shape index (κ2) is 6.66. The highest BCUT2D eigenvalue weighted by Crippen LogP contribution is 2.42. The van der Waals surface area contributed by atoms with Crippen LogP contribution in [0.3, 0.4) is 0 Å². The largest absolute Gasteiger partial charge is 0.314 e. The van der Waals surface area contributed by atoms with E-state index in [1.54, 1.807) is 18.6 Å². The number of aromatic nitrogens is 9. The van der Waals surface area contributed by atoms with E-state index in [0.29, 0.717) is 11.8 Å². The van der Waals surface area contributed by atoms with Gasteiger partial charge in [0.15, 0.2) is 11.6 Å². The van der Waals surface area contributed by atoms with Crippen LogP contribution in [0.1, 0.15) is 31.0 Å². The van der Waals surface area contributed by atoms with Gasteiger partial charge in [-0.2, -0.15) is 4.98 Å². The van der Waals surface area contributed by atoms with Gasteiger partial charge in [-0.05, 0) is 25.5 Å². The Balaban J connectivity index is 1.55. The molecule has 0 N–H and O–H groups in total. The highest BCUT2D eigenvalue weighted by atomic mass is 15.4. The lowest BCUT2D eigenvalue weighted by molar-refractivity contribution is 0.572. The zero-order valence-electron chi connectivity index (χ0n) is 17.0. The molecule has 1 aliphatic heterocycles. The maximum atomic E-state index is 4.99. The number of nitrogens with zero attached hydrogens (tertiary/aromatic N) is 10. The maximum Gasteiger partial charge on any atom is 0.237 e. The highest BCUT2D eigenvalue weighted by Gasteiger charge is 2.37. The molecule has 0 aromatic carbocycles. The van der Waals surface area contributed by atoms with Gasteiger partial charge >= 0.3 is 0 Å². The van der Waals surface area contributed by atoms with Crippen LogP contribution in [0.5, 0.6) is 0 Å². The fourth-order valence-corrected chi connectivity index (χ4v) is 4.07. The second-order valence-corrected chi connectivity index (χ2v) is 7.31. The lowest BCUT2D eigenvalue weighted by atomic mass is 10.0. The van der Waals surface area contributed by atoms with E-state index >= 15 is 0 Å². The van der Waals surface area contributed by atoms with Gasteiger partial charge in [0, 0.05) is 30.5 Å². The van der Waals surface area contributed by atoms with Gasteiger partial charge in [-0.3, -0.25) is 9.13 Å². The van der Waals surface area contributed by atoms with Gasteiger partial charge in [0.25, 0.3) is 0 Å². The Morgan fingerprint density at radius 1 is 1.06 bits per heavy atom. The predicted molar refractivity (Wildman–Crippen MR) is 113 cm³/mol. The summed E-state index contributed by atoms with van der Waals surface area (Å²) in [4.78, 5) is 24.5. The number of hydrogen-bond donors (Lipinski definition) is 0. The van der Waals surface area contributed by atoms with Crippen molar-refractivity contribution in [2.75, 3.05) is 4.90 Å². The van der Waals surface area contributed by atoms with E-state index in [1.807, 2.05) is 34.5 Å². The van der Waals surface area contributed by atoms with Crippen LogP contribution in [-0.4, -0.2) is 44.3 Å². The Morgan fingerprint density at radius 3 is 2.65 bits per heavy atom. The number of allylic oxidation sites excluding steroid dienone is 3. The van der Waals surface area contributed by atoms with E-state index in [0.717, 1.165) is 40.8 Å². The number of rotatable bonds is 4. The summed E-state index contributed by atoms with van der Waals surface area (Å²) in [5.41, 5.74) is 2.74. The van der Waals surface area contributed by atoms with Gasteiger partial charge in [-0.1, -0.05) is 13.0 Å². The van der Waals surface area contributed by atoms with Gasteiger partial charge in [0.2, 0.25) is 5.95 Å². The first-order chi connectivity index (χ1) is 15.3. The van der Waals surface area contributed by atoms with Gasteiger partial charge in [-0.25, -0.2) is 19.9 Å². The molecule has 10 heteroatoms. The third-order valence-electron chi connectivity index (χ3n) is 5.54. The standard InChI is InChI=1S/C21H18N10/c1-3-16-20-28-27-13(2)30(20)17-11-25-21(26-19(17)31(16)15-5-4-6-15)29-8-7-24-18(29)14-9-22-12-23-10-14/h4-12,16H,3H2,1-2H3/t16-/m1/s1. The smallest absolute Gasteiger partial charge is 0.237 e. The van der Waals surface area contributed by atoms with Crippen molar-refractivity contribution in [3.8, 4) is 23.0 Å². The van der Waals surface area contributed by atoms with Crippen LogP contribution >= 0.6 is 0 Å². The van der Waals surface area contributed by atoms with Gasteiger partial charge in [0.05, 0.1) is 17.8 Å². The molecule has 2 aliphatic rings. The van der Waals surface area contributed by atoms with Crippen molar-refractivity contribution in [3.63, 3.8) is 0 Å². The summed E-state index contributed by atoms with van der Waals surface area (Å²) < 4.78 is 3.89. The normalized spacial score (nSPS) is 16.5. The third kappa shape index (κ3) is 2.54. The summed E-state index contributed by atoms with van der Waals surface area (Å²) in [6.45, 7) is 4.09. The van der Waals surface area contributed by atoms with E-state index in [2.05, 4.69) is 54.1 Å². The lowest BCUT2D eigenvalue weighted by Gasteiger charge is -2.38. The summed E-state index contributed by atoms with van der Waals surface area (Å²) in [5.74, 6) is 3.72. The Hall–Kier alpha value is -4.21. The average molecular weight is 410 g/mol. The van der Waals surface area contributed by atoms with Crippen LogP contribution in [0.4, 0.5) is 5.82 Å². The molecule has 0 unspecified atom stereocenters. The summed E-state index contributed by atoms with van der Waals surface area (Å²) in [7, 11) is 0. The van der Waals surface area contributed by atoms with Gasteiger partial charge in [-0.15, -0.1) is 10.2 Å². The molecule has 31 heavy (non-hydrogen) atoms. The van der Waals surface area contributed by atoms with Crippen molar-refractivity contribution in [1.82, 2.24) is 44.3 Å². The SMILES string of the molecule is CC[C@@H]1c2nnc(C)n2-c2cnc(-n3ccnc3-c3cncnc3)nc2N1C1=CC=C1. The third-order valence-corrected chi connectivity index (χ3v) is 5.54. The van der Waals surface area contributed by atoms with Gasteiger partial charge in [0.1, 0.15) is 23.7 Å². The number of aryl methyl sites for hydroxylation is 1. The van der Waals surface area contributed by atoms with E-state index in [-0.39, 0.29) is 6.04 Å². The van der Waals surface area contributed by atoms with Gasteiger partial charge < -0.3 is 4.90 Å². The van der Waals surface area contributed by atoms with Crippen LogP contribution in [0.2, 0.25) is 0 Å². The Kier molecular flexibility index (Phi) is 3.79. The zero-order valence-corrected chi connectivity index (χ0v) is 17.0. The second-order valence-electron chi connectivity index (χ2n) is 7.31. The summed E-state index contributed by atoms with van der Waals surface area (Å²) in [6, 6.07) is 0.0254. The molecule has 1 atom stereocenters. The molecule has 0 saturated heterocycles. The Labute approximate surface area is 177 Å². The fourth-order valence-electron chi connectivity index (χ4n) is 4.07. The maximum absolute atomic E-state index is 4.99. The van der Waals surface area contributed by atoms with E-state index in [4.69, 9.17) is 4.98 Å². The van der Waals surface area contributed by atoms with Crippen molar-refractivity contribution in [2.45, 2.75) is 26.3 Å². The quantitative estimate of drug-likeness (QED) is 0.506. The lowest BCUT2D eigenvalue weighted by Crippen LogP contribution is -2.36. The van der Waals surface area contributed by atoms with E-state index in [9.17, 15) is 0 Å². The first-order valence-corrected chi connectivity index (χ1v) is 10.0. The molecule has 0 spiro atoms. The topological polar surface area (TPSA) is 103 Å². The van der Waals surface area contributed by atoms with Crippen molar-refractivity contribution < 1.29 is 0 Å². The average Bonchev–Trinajstić information content (AvgIpc) is 3.40. The molecule has 4 aromatic heterocycles. The number of fused-ring (bicyclic) bond motifs is 3. The van der Waals surface area contributed by atoms with Crippen LogP contribution in [0.15, 0.2) is 61.2 Å². The van der Waals surface area contributed by atoms with Crippen LogP contribution in [0.25, 0.3) is 23.0 Å². The number of imidazole rings is 1. The molecule has 0 fully saturated rings. The number of anilines is 1. The summed E-state index contributed by atoms with van der Waals surface area (Å²) in [6.07, 6.45) is 17.4. The summed E-state index contributed by atoms with van der Waals surface area (Å²) >= 11 is 0. The molecule has 10 nitrogen and oxygen atoms in total. The fraction of sp³-hybridized carbons (Fsp3) is 0.190. The molecule has 0 bridgehead atoms. The highest BCUT2D eigenvalue weighted by molar-refractivity contribution is 5.69. The zero-order chi connectivity index (χ0) is 20.9. The molecular weight excluding hydrogens is 392 g/mol. The molecule has 0 radical (unpaired) electrons. The monoisotopic (exact) mass is 410 g/mol. The van der Waals surface area contributed by atoms with Crippen LogP contribution < -0.4 is 4.90 Å². The van der Waals surface area contributed by atoms with Crippen molar-refractivity contribution in [3.05, 3.63) is 72.9 Å². The molecule has 152 valence electrons. The predicted octanol–water partition coefficient (Wildman–Crippen LogP) is 2.73.